The lowest BCUT2D eigenvalue weighted by Gasteiger charge is -2.05. The van der Waals surface area contributed by atoms with Crippen molar-refractivity contribution in [2.45, 2.75) is 6.42 Å². The Hall–Kier alpha value is -1.57. The Morgan fingerprint density at radius 2 is 2.17 bits per heavy atom. The molecule has 1 aromatic carbocycles. The van der Waals surface area contributed by atoms with Gasteiger partial charge in [-0.2, -0.15) is 4.99 Å². The van der Waals surface area contributed by atoms with Gasteiger partial charge < -0.3 is 16.2 Å². The lowest BCUT2D eigenvalue weighted by molar-refractivity contribution is -0.114. The number of nitrogens with two attached hydrogens (primary N) is 2. The normalized spacial score (nSPS) is 13.7. The molecule has 0 atom stereocenters. The highest BCUT2D eigenvalue weighted by molar-refractivity contribution is 14.1. The molecule has 0 spiro atoms. The molecule has 94 valence electrons. The number of carbonyl (C=O) groups is 1. The highest BCUT2D eigenvalue weighted by Gasteiger charge is 2.15. The Labute approximate surface area is 118 Å². The van der Waals surface area contributed by atoms with E-state index in [-0.39, 0.29) is 5.96 Å². The molecule has 0 aliphatic carbocycles. The SMILES string of the molecule is NC(N)=NC(=O)C1=Cc2cc(I)ccc2OCC1. The predicted octanol–water partition coefficient (Wildman–Crippen LogP) is 1.26. The second-order valence-electron chi connectivity index (χ2n) is 3.79. The van der Waals surface area contributed by atoms with Crippen LogP contribution in [0, 0.1) is 3.57 Å². The molecule has 0 bridgehead atoms. The van der Waals surface area contributed by atoms with E-state index in [1.165, 1.54) is 0 Å². The zero-order chi connectivity index (χ0) is 13.1. The molecule has 2 rings (SSSR count). The predicted molar refractivity (Wildman–Crippen MR) is 78.1 cm³/mol. The number of aliphatic imine (C=N–C) groups is 1. The van der Waals surface area contributed by atoms with E-state index in [4.69, 9.17) is 16.2 Å². The van der Waals surface area contributed by atoms with Crippen LogP contribution in [0.15, 0.2) is 28.8 Å². The van der Waals surface area contributed by atoms with E-state index >= 15 is 0 Å². The number of fused-ring (bicyclic) bond motifs is 1. The number of hydrogen-bond donors (Lipinski definition) is 2. The van der Waals surface area contributed by atoms with Crippen LogP contribution in [0.25, 0.3) is 6.08 Å². The Kier molecular flexibility index (Phi) is 3.85. The zero-order valence-electron chi connectivity index (χ0n) is 9.52. The summed E-state index contributed by atoms with van der Waals surface area (Å²) in [7, 11) is 0. The van der Waals surface area contributed by atoms with Gasteiger partial charge in [0.2, 0.25) is 0 Å². The van der Waals surface area contributed by atoms with Gasteiger partial charge in [-0.1, -0.05) is 0 Å². The van der Waals surface area contributed by atoms with Gasteiger partial charge in [-0.3, -0.25) is 4.79 Å². The van der Waals surface area contributed by atoms with E-state index in [0.29, 0.717) is 18.6 Å². The van der Waals surface area contributed by atoms with Gasteiger partial charge in [-0.15, -0.1) is 0 Å². The van der Waals surface area contributed by atoms with Crippen LogP contribution in [0.1, 0.15) is 12.0 Å². The summed E-state index contributed by atoms with van der Waals surface area (Å²) in [6, 6.07) is 5.79. The molecular formula is C12H12IN3O2. The van der Waals surface area contributed by atoms with Crippen molar-refractivity contribution in [1.29, 1.82) is 0 Å². The van der Waals surface area contributed by atoms with Crippen molar-refractivity contribution < 1.29 is 9.53 Å². The summed E-state index contributed by atoms with van der Waals surface area (Å²) in [5, 5.41) is 0. The van der Waals surface area contributed by atoms with Crippen LogP contribution in [0.3, 0.4) is 0 Å². The Morgan fingerprint density at radius 1 is 1.39 bits per heavy atom. The van der Waals surface area contributed by atoms with Crippen LogP contribution in [-0.2, 0) is 4.79 Å². The number of halogens is 1. The molecule has 1 aliphatic heterocycles. The molecule has 6 heteroatoms. The van der Waals surface area contributed by atoms with Crippen molar-refractivity contribution >= 4 is 40.5 Å². The quantitative estimate of drug-likeness (QED) is 0.450. The molecule has 4 N–H and O–H groups in total. The number of carbonyl (C=O) groups excluding carboxylic acids is 1. The third-order valence-corrected chi connectivity index (χ3v) is 3.11. The van der Waals surface area contributed by atoms with Gasteiger partial charge in [0.25, 0.3) is 5.91 Å². The molecule has 0 radical (unpaired) electrons. The van der Waals surface area contributed by atoms with Crippen molar-refractivity contribution in [1.82, 2.24) is 0 Å². The summed E-state index contributed by atoms with van der Waals surface area (Å²) in [5.74, 6) is 0.127. The average Bonchev–Trinajstić information content (AvgIpc) is 2.49. The molecular weight excluding hydrogens is 345 g/mol. The van der Waals surface area contributed by atoms with Crippen LogP contribution in [-0.4, -0.2) is 18.5 Å². The van der Waals surface area contributed by atoms with Gasteiger partial charge in [0.15, 0.2) is 5.96 Å². The summed E-state index contributed by atoms with van der Waals surface area (Å²) in [5.41, 5.74) is 11.8. The molecule has 0 saturated carbocycles. The Balaban J connectivity index is 2.39. The third-order valence-electron chi connectivity index (χ3n) is 2.44. The number of nitrogens with zero attached hydrogens (tertiary/aromatic N) is 1. The fourth-order valence-electron chi connectivity index (χ4n) is 1.65. The maximum atomic E-state index is 11.8. The number of ether oxygens (including phenoxy) is 1. The molecule has 1 heterocycles. The van der Waals surface area contributed by atoms with Gasteiger partial charge >= 0.3 is 0 Å². The van der Waals surface area contributed by atoms with Crippen molar-refractivity contribution in [3.63, 3.8) is 0 Å². The topological polar surface area (TPSA) is 90.7 Å². The first-order valence-corrected chi connectivity index (χ1v) is 6.41. The van der Waals surface area contributed by atoms with E-state index in [1.807, 2.05) is 18.2 Å². The van der Waals surface area contributed by atoms with Crippen molar-refractivity contribution in [2.75, 3.05) is 6.61 Å². The summed E-state index contributed by atoms with van der Waals surface area (Å²) < 4.78 is 6.64. The lowest BCUT2D eigenvalue weighted by atomic mass is 10.1. The van der Waals surface area contributed by atoms with Crippen LogP contribution < -0.4 is 16.2 Å². The monoisotopic (exact) mass is 357 g/mol. The summed E-state index contributed by atoms with van der Waals surface area (Å²) in [6.45, 7) is 0.436. The summed E-state index contributed by atoms with van der Waals surface area (Å²) in [4.78, 5) is 15.3. The average molecular weight is 357 g/mol. The van der Waals surface area contributed by atoms with Crippen molar-refractivity contribution in [2.24, 2.45) is 16.5 Å². The van der Waals surface area contributed by atoms with Crippen LogP contribution >= 0.6 is 22.6 Å². The first-order chi connectivity index (χ1) is 8.56. The van der Waals surface area contributed by atoms with E-state index in [1.54, 1.807) is 6.08 Å². The molecule has 1 aromatic rings. The minimum absolute atomic E-state index is 0.228. The number of rotatable bonds is 1. The highest BCUT2D eigenvalue weighted by Crippen LogP contribution is 2.27. The Morgan fingerprint density at radius 3 is 2.89 bits per heavy atom. The smallest absolute Gasteiger partial charge is 0.276 e. The highest BCUT2D eigenvalue weighted by atomic mass is 127. The second kappa shape index (κ2) is 5.38. The van der Waals surface area contributed by atoms with Crippen molar-refractivity contribution in [3.05, 3.63) is 32.9 Å². The summed E-state index contributed by atoms with van der Waals surface area (Å²) >= 11 is 2.21. The van der Waals surface area contributed by atoms with Gasteiger partial charge in [0, 0.05) is 21.1 Å². The minimum atomic E-state index is -0.412. The van der Waals surface area contributed by atoms with E-state index in [9.17, 15) is 4.79 Å². The molecule has 0 aromatic heterocycles. The Bertz CT molecular complexity index is 548. The van der Waals surface area contributed by atoms with Crippen LogP contribution in [0.4, 0.5) is 0 Å². The third kappa shape index (κ3) is 3.00. The minimum Gasteiger partial charge on any atom is -0.493 e. The second-order valence-corrected chi connectivity index (χ2v) is 5.04. The maximum Gasteiger partial charge on any atom is 0.276 e. The van der Waals surface area contributed by atoms with E-state index in [2.05, 4.69) is 27.6 Å². The van der Waals surface area contributed by atoms with E-state index < -0.39 is 5.91 Å². The first kappa shape index (κ1) is 12.9. The number of amides is 1. The van der Waals surface area contributed by atoms with Gasteiger partial charge in [-0.05, 0) is 46.9 Å². The molecule has 5 nitrogen and oxygen atoms in total. The molecule has 0 saturated heterocycles. The van der Waals surface area contributed by atoms with Crippen LogP contribution in [0.2, 0.25) is 0 Å². The first-order valence-electron chi connectivity index (χ1n) is 5.33. The van der Waals surface area contributed by atoms with Gasteiger partial charge in [0.05, 0.1) is 6.61 Å². The fourth-order valence-corrected chi connectivity index (χ4v) is 2.17. The number of guanidine groups is 1. The molecule has 18 heavy (non-hydrogen) atoms. The van der Waals surface area contributed by atoms with Gasteiger partial charge in [0.1, 0.15) is 5.75 Å². The molecule has 1 amide bonds. The van der Waals surface area contributed by atoms with Gasteiger partial charge in [-0.25, -0.2) is 0 Å². The summed E-state index contributed by atoms with van der Waals surface area (Å²) in [6.07, 6.45) is 2.26. The number of benzene rings is 1. The van der Waals surface area contributed by atoms with Crippen molar-refractivity contribution in [3.8, 4) is 5.75 Å². The zero-order valence-corrected chi connectivity index (χ0v) is 11.7. The number of hydrogen-bond acceptors (Lipinski definition) is 2. The van der Waals surface area contributed by atoms with Crippen LogP contribution in [0.5, 0.6) is 5.75 Å². The maximum absolute atomic E-state index is 11.8. The lowest BCUT2D eigenvalue weighted by Crippen LogP contribution is -2.24. The largest absolute Gasteiger partial charge is 0.493 e. The van der Waals surface area contributed by atoms with E-state index in [0.717, 1.165) is 14.9 Å². The fraction of sp³-hybridized carbons (Fsp3) is 0.167. The molecule has 1 aliphatic rings. The standard InChI is InChI=1S/C12H12IN3O2/c13-9-1-2-10-8(6-9)5-7(3-4-18-10)11(17)16-12(14)15/h1-2,5-6H,3-4H2,(H4,14,15,16,17). The molecule has 0 unspecified atom stereocenters. The molecule has 0 fully saturated rings.